The van der Waals surface area contributed by atoms with E-state index in [9.17, 15) is 4.79 Å². The summed E-state index contributed by atoms with van der Waals surface area (Å²) in [6.07, 6.45) is 9.02. The Bertz CT molecular complexity index is 449. The van der Waals surface area contributed by atoms with Crippen molar-refractivity contribution in [2.75, 3.05) is 0 Å². The molecule has 1 saturated heterocycles. The molecule has 1 N–H and O–H groups in total. The van der Waals surface area contributed by atoms with Gasteiger partial charge in [0.05, 0.1) is 18.2 Å². The number of carboxylic acids is 1. The predicted octanol–water partition coefficient (Wildman–Crippen LogP) is 2.07. The van der Waals surface area contributed by atoms with E-state index < -0.39 is 5.97 Å². The van der Waals surface area contributed by atoms with E-state index in [1.807, 2.05) is 0 Å². The largest absolute Gasteiger partial charge is 0.476 e. The Labute approximate surface area is 106 Å². The smallest absolute Gasteiger partial charge is 0.356 e. The highest BCUT2D eigenvalue weighted by molar-refractivity contribution is 5.84. The summed E-state index contributed by atoms with van der Waals surface area (Å²) in [4.78, 5) is 10.7. The Morgan fingerprint density at radius 2 is 2.28 bits per heavy atom. The highest BCUT2D eigenvalue weighted by Gasteiger charge is 2.42. The third-order valence-corrected chi connectivity index (χ3v) is 4.10. The van der Waals surface area contributed by atoms with Gasteiger partial charge in [0.25, 0.3) is 0 Å². The van der Waals surface area contributed by atoms with Crippen LogP contribution in [0.25, 0.3) is 0 Å². The first kappa shape index (κ1) is 11.7. The van der Waals surface area contributed by atoms with Crippen molar-refractivity contribution in [2.45, 2.75) is 56.8 Å². The molecule has 1 aromatic rings. The zero-order valence-electron chi connectivity index (χ0n) is 10.3. The van der Waals surface area contributed by atoms with E-state index in [0.717, 1.165) is 12.8 Å². The molecule has 3 rings (SSSR count). The highest BCUT2D eigenvalue weighted by Crippen LogP contribution is 2.43. The minimum absolute atomic E-state index is 0.101. The number of aromatic carboxylic acids is 1. The first-order chi connectivity index (χ1) is 8.67. The molecule has 5 heteroatoms. The second kappa shape index (κ2) is 4.39. The van der Waals surface area contributed by atoms with Crippen molar-refractivity contribution in [3.05, 3.63) is 18.0 Å². The Balaban J connectivity index is 1.61. The number of aromatic nitrogens is 2. The van der Waals surface area contributed by atoms with E-state index in [-0.39, 0.29) is 17.4 Å². The summed E-state index contributed by atoms with van der Waals surface area (Å²) in [5, 5.41) is 12.8. The Morgan fingerprint density at radius 1 is 1.50 bits per heavy atom. The first-order valence-corrected chi connectivity index (χ1v) is 6.61. The van der Waals surface area contributed by atoms with Gasteiger partial charge in [-0.1, -0.05) is 12.8 Å². The molecular weight excluding hydrogens is 232 g/mol. The topological polar surface area (TPSA) is 64.3 Å². The van der Waals surface area contributed by atoms with Crippen LogP contribution in [0.3, 0.4) is 0 Å². The molecule has 1 aliphatic heterocycles. The SMILES string of the molecule is O=C(O)c1ccn(CC2CCC3(CCCC3)O2)n1. The zero-order chi connectivity index (χ0) is 12.6. The molecule has 1 atom stereocenters. The molecule has 98 valence electrons. The maximum atomic E-state index is 10.7. The van der Waals surface area contributed by atoms with Gasteiger partial charge in [-0.3, -0.25) is 4.68 Å². The summed E-state index contributed by atoms with van der Waals surface area (Å²) in [6.45, 7) is 0.662. The number of rotatable bonds is 3. The van der Waals surface area contributed by atoms with E-state index in [2.05, 4.69) is 5.10 Å². The third kappa shape index (κ3) is 2.14. The number of ether oxygens (including phenoxy) is 1. The van der Waals surface area contributed by atoms with Crippen LogP contribution in [-0.2, 0) is 11.3 Å². The molecule has 1 aliphatic carbocycles. The van der Waals surface area contributed by atoms with E-state index >= 15 is 0 Å². The van der Waals surface area contributed by atoms with Crippen LogP contribution in [-0.4, -0.2) is 32.6 Å². The standard InChI is InChI=1S/C13H18N2O3/c16-12(17)11-4-8-15(14-11)9-10-3-7-13(18-10)5-1-2-6-13/h4,8,10H,1-3,5-7,9H2,(H,16,17). The highest BCUT2D eigenvalue weighted by atomic mass is 16.5. The van der Waals surface area contributed by atoms with Gasteiger partial charge in [0, 0.05) is 6.20 Å². The van der Waals surface area contributed by atoms with Crippen molar-refractivity contribution in [3.8, 4) is 0 Å². The van der Waals surface area contributed by atoms with E-state index in [1.165, 1.54) is 31.7 Å². The molecule has 2 heterocycles. The molecule has 1 aromatic heterocycles. The second-order valence-electron chi connectivity index (χ2n) is 5.40. The van der Waals surface area contributed by atoms with Crippen molar-refractivity contribution >= 4 is 5.97 Å². The van der Waals surface area contributed by atoms with Crippen molar-refractivity contribution in [1.29, 1.82) is 0 Å². The van der Waals surface area contributed by atoms with Gasteiger partial charge in [-0.15, -0.1) is 0 Å². The molecule has 0 amide bonds. The summed E-state index contributed by atoms with van der Waals surface area (Å²) in [7, 11) is 0. The summed E-state index contributed by atoms with van der Waals surface area (Å²) in [5.74, 6) is -0.978. The normalized spacial score (nSPS) is 25.9. The lowest BCUT2D eigenvalue weighted by Gasteiger charge is -2.23. The molecule has 18 heavy (non-hydrogen) atoms. The minimum Gasteiger partial charge on any atom is -0.476 e. The van der Waals surface area contributed by atoms with Gasteiger partial charge < -0.3 is 9.84 Å². The fourth-order valence-corrected chi connectivity index (χ4v) is 3.20. The van der Waals surface area contributed by atoms with E-state index in [4.69, 9.17) is 9.84 Å². The lowest BCUT2D eigenvalue weighted by Crippen LogP contribution is -2.26. The second-order valence-corrected chi connectivity index (χ2v) is 5.40. The van der Waals surface area contributed by atoms with Crippen molar-refractivity contribution < 1.29 is 14.6 Å². The van der Waals surface area contributed by atoms with Gasteiger partial charge in [0.2, 0.25) is 0 Å². The fourth-order valence-electron chi connectivity index (χ4n) is 3.20. The van der Waals surface area contributed by atoms with E-state index in [0.29, 0.717) is 6.54 Å². The molecule has 5 nitrogen and oxygen atoms in total. The van der Waals surface area contributed by atoms with Gasteiger partial charge in [-0.05, 0) is 31.7 Å². The quantitative estimate of drug-likeness (QED) is 0.892. The molecule has 1 spiro atoms. The number of hydrogen-bond acceptors (Lipinski definition) is 3. The Hall–Kier alpha value is -1.36. The van der Waals surface area contributed by atoms with Crippen molar-refractivity contribution in [3.63, 3.8) is 0 Å². The van der Waals surface area contributed by atoms with Crippen LogP contribution >= 0.6 is 0 Å². The minimum atomic E-state index is -0.978. The van der Waals surface area contributed by atoms with Crippen molar-refractivity contribution in [2.24, 2.45) is 0 Å². The number of carbonyl (C=O) groups is 1. The van der Waals surface area contributed by atoms with Gasteiger partial charge in [0.15, 0.2) is 5.69 Å². The lowest BCUT2D eigenvalue weighted by molar-refractivity contribution is -0.0429. The summed E-state index contributed by atoms with van der Waals surface area (Å²) in [5.41, 5.74) is 0.233. The fraction of sp³-hybridized carbons (Fsp3) is 0.692. The number of nitrogens with zero attached hydrogens (tertiary/aromatic N) is 2. The predicted molar refractivity (Wildman–Crippen MR) is 64.5 cm³/mol. The maximum Gasteiger partial charge on any atom is 0.356 e. The van der Waals surface area contributed by atoms with Crippen LogP contribution in [0.1, 0.15) is 49.0 Å². The summed E-state index contributed by atoms with van der Waals surface area (Å²) >= 11 is 0. The molecule has 0 radical (unpaired) electrons. The van der Waals surface area contributed by atoms with Gasteiger partial charge in [-0.25, -0.2) is 4.79 Å². The summed E-state index contributed by atoms with van der Waals surface area (Å²) < 4.78 is 7.86. The zero-order valence-corrected chi connectivity index (χ0v) is 10.3. The van der Waals surface area contributed by atoms with Gasteiger partial charge in [0.1, 0.15) is 0 Å². The Kier molecular flexibility index (Phi) is 2.86. The molecule has 0 aromatic carbocycles. The van der Waals surface area contributed by atoms with Crippen molar-refractivity contribution in [1.82, 2.24) is 9.78 Å². The van der Waals surface area contributed by atoms with Crippen LogP contribution in [0, 0.1) is 0 Å². The first-order valence-electron chi connectivity index (χ1n) is 6.61. The maximum absolute atomic E-state index is 10.7. The van der Waals surface area contributed by atoms with Crippen LogP contribution in [0.5, 0.6) is 0 Å². The van der Waals surface area contributed by atoms with Crippen LogP contribution in [0.15, 0.2) is 12.3 Å². The van der Waals surface area contributed by atoms with Gasteiger partial charge in [-0.2, -0.15) is 5.10 Å². The summed E-state index contributed by atoms with van der Waals surface area (Å²) in [6, 6.07) is 1.53. The average molecular weight is 250 g/mol. The lowest BCUT2D eigenvalue weighted by atomic mass is 9.98. The molecule has 2 aliphatic rings. The van der Waals surface area contributed by atoms with Crippen LogP contribution in [0.2, 0.25) is 0 Å². The molecule has 0 bridgehead atoms. The average Bonchev–Trinajstić information content (AvgIpc) is 3.03. The van der Waals surface area contributed by atoms with E-state index in [1.54, 1.807) is 10.9 Å². The Morgan fingerprint density at radius 3 is 2.94 bits per heavy atom. The third-order valence-electron chi connectivity index (χ3n) is 4.10. The van der Waals surface area contributed by atoms with Crippen LogP contribution < -0.4 is 0 Å². The molecule has 1 saturated carbocycles. The molecule has 1 unspecified atom stereocenters. The van der Waals surface area contributed by atoms with Gasteiger partial charge >= 0.3 is 5.97 Å². The van der Waals surface area contributed by atoms with Crippen LogP contribution in [0.4, 0.5) is 0 Å². The molecule has 2 fully saturated rings. The number of hydrogen-bond donors (Lipinski definition) is 1. The monoisotopic (exact) mass is 250 g/mol. The number of carboxylic acid groups (broad SMARTS) is 1. The molecular formula is C13H18N2O3.